The molecule has 0 aliphatic carbocycles. The third kappa shape index (κ3) is 4.11. The minimum Gasteiger partial charge on any atom is -0.481 e. The molecule has 1 fully saturated rings. The molecule has 1 saturated heterocycles. The molecule has 0 saturated carbocycles. The van der Waals surface area contributed by atoms with Crippen LogP contribution in [0, 0.1) is 13.8 Å². The van der Waals surface area contributed by atoms with Crippen LogP contribution >= 0.6 is 0 Å². The first-order valence-corrected chi connectivity index (χ1v) is 6.24. The van der Waals surface area contributed by atoms with Crippen molar-refractivity contribution in [2.24, 2.45) is 0 Å². The number of rotatable bonds is 1. The Bertz CT molecular complexity index is 414. The number of likely N-dealkylation sites (tertiary alicyclic amines) is 1. The third-order valence-corrected chi connectivity index (χ3v) is 3.14. The Kier molecular flexibility index (Phi) is 5.28. The molecule has 0 amide bonds. The van der Waals surface area contributed by atoms with E-state index < -0.39 is 5.97 Å². The van der Waals surface area contributed by atoms with Crippen LogP contribution in [-0.4, -0.2) is 34.6 Å². The Morgan fingerprint density at radius 3 is 2.61 bits per heavy atom. The highest BCUT2D eigenvalue weighted by atomic mass is 16.4. The molecule has 1 aliphatic rings. The maximum Gasteiger partial charge on any atom is 0.300 e. The second kappa shape index (κ2) is 6.50. The van der Waals surface area contributed by atoms with E-state index in [0.29, 0.717) is 6.04 Å². The van der Waals surface area contributed by atoms with Gasteiger partial charge in [-0.15, -0.1) is 0 Å². The van der Waals surface area contributed by atoms with Crippen molar-refractivity contribution in [2.45, 2.75) is 39.7 Å². The van der Waals surface area contributed by atoms with Crippen molar-refractivity contribution < 1.29 is 9.90 Å². The molecular weight excluding hydrogens is 228 g/mol. The maximum atomic E-state index is 9.00. The molecule has 18 heavy (non-hydrogen) atoms. The van der Waals surface area contributed by atoms with Gasteiger partial charge in [0.1, 0.15) is 0 Å². The standard InChI is InChI=1S/C12H18N2.C2H4O2/c1-9-7-11(10(2)13-8-9)12-5-4-6-14(12)3;1-2(3)4/h7-8,12H,4-6H2,1-3H3;1H3,(H,3,4)/t12-;/m0./s1. The molecule has 1 aliphatic heterocycles. The number of aliphatic carboxylic acids is 1. The van der Waals surface area contributed by atoms with Crippen LogP contribution in [0.5, 0.6) is 0 Å². The van der Waals surface area contributed by atoms with E-state index in [1.165, 1.54) is 36.2 Å². The van der Waals surface area contributed by atoms with Crippen LogP contribution in [-0.2, 0) is 4.79 Å². The van der Waals surface area contributed by atoms with Crippen molar-refractivity contribution in [3.05, 3.63) is 29.1 Å². The van der Waals surface area contributed by atoms with E-state index in [0.717, 1.165) is 6.92 Å². The van der Waals surface area contributed by atoms with E-state index in [-0.39, 0.29) is 0 Å². The molecule has 1 aromatic rings. The molecule has 4 nitrogen and oxygen atoms in total. The number of carboxylic acids is 1. The number of aryl methyl sites for hydroxylation is 2. The molecule has 2 rings (SSSR count). The summed E-state index contributed by atoms with van der Waals surface area (Å²) in [5.41, 5.74) is 3.88. The summed E-state index contributed by atoms with van der Waals surface area (Å²) in [5, 5.41) is 7.42. The van der Waals surface area contributed by atoms with Gasteiger partial charge in [-0.1, -0.05) is 6.07 Å². The monoisotopic (exact) mass is 250 g/mol. The average Bonchev–Trinajstić information content (AvgIpc) is 2.67. The van der Waals surface area contributed by atoms with Gasteiger partial charge in [-0.05, 0) is 51.4 Å². The van der Waals surface area contributed by atoms with Crippen LogP contribution in [0.4, 0.5) is 0 Å². The molecule has 2 heterocycles. The normalized spacial score (nSPS) is 19.2. The fraction of sp³-hybridized carbons (Fsp3) is 0.571. The van der Waals surface area contributed by atoms with E-state index in [1.54, 1.807) is 0 Å². The molecule has 1 atom stereocenters. The fourth-order valence-corrected chi connectivity index (χ4v) is 2.30. The van der Waals surface area contributed by atoms with Gasteiger partial charge < -0.3 is 5.11 Å². The summed E-state index contributed by atoms with van der Waals surface area (Å²) in [6, 6.07) is 2.89. The molecule has 100 valence electrons. The Hall–Kier alpha value is -1.42. The fourth-order valence-electron chi connectivity index (χ4n) is 2.30. The molecule has 0 radical (unpaired) electrons. The van der Waals surface area contributed by atoms with E-state index in [4.69, 9.17) is 9.90 Å². The van der Waals surface area contributed by atoms with Gasteiger partial charge >= 0.3 is 0 Å². The van der Waals surface area contributed by atoms with Gasteiger partial charge in [-0.2, -0.15) is 0 Å². The maximum absolute atomic E-state index is 9.00. The minimum absolute atomic E-state index is 0.599. The van der Waals surface area contributed by atoms with Crippen LogP contribution < -0.4 is 0 Å². The lowest BCUT2D eigenvalue weighted by Gasteiger charge is -2.21. The molecule has 0 aromatic carbocycles. The topological polar surface area (TPSA) is 53.4 Å². The van der Waals surface area contributed by atoms with Gasteiger partial charge in [0.2, 0.25) is 0 Å². The van der Waals surface area contributed by atoms with E-state index in [2.05, 4.69) is 36.8 Å². The zero-order valence-electron chi connectivity index (χ0n) is 11.6. The Morgan fingerprint density at radius 2 is 2.11 bits per heavy atom. The summed E-state index contributed by atoms with van der Waals surface area (Å²) in [5.74, 6) is -0.833. The Labute approximate surface area is 109 Å². The van der Waals surface area contributed by atoms with Crippen LogP contribution in [0.3, 0.4) is 0 Å². The second-order valence-electron chi connectivity index (χ2n) is 4.84. The van der Waals surface area contributed by atoms with Crippen LogP contribution in [0.1, 0.15) is 42.6 Å². The first kappa shape index (κ1) is 14.6. The summed E-state index contributed by atoms with van der Waals surface area (Å²) < 4.78 is 0. The number of pyridine rings is 1. The first-order valence-electron chi connectivity index (χ1n) is 6.24. The Balaban J connectivity index is 0.000000357. The summed E-state index contributed by atoms with van der Waals surface area (Å²) in [6.45, 7) is 6.53. The van der Waals surface area contributed by atoms with Gasteiger partial charge in [-0.25, -0.2) is 0 Å². The molecule has 1 N–H and O–H groups in total. The lowest BCUT2D eigenvalue weighted by molar-refractivity contribution is -0.134. The molecule has 0 unspecified atom stereocenters. The van der Waals surface area contributed by atoms with Crippen molar-refractivity contribution in [2.75, 3.05) is 13.6 Å². The van der Waals surface area contributed by atoms with Gasteiger partial charge in [0.15, 0.2) is 0 Å². The lowest BCUT2D eigenvalue weighted by Crippen LogP contribution is -2.18. The highest BCUT2D eigenvalue weighted by Gasteiger charge is 2.24. The lowest BCUT2D eigenvalue weighted by atomic mass is 10.0. The highest BCUT2D eigenvalue weighted by Crippen LogP contribution is 2.31. The Morgan fingerprint density at radius 1 is 1.50 bits per heavy atom. The number of hydrogen-bond donors (Lipinski definition) is 1. The van der Waals surface area contributed by atoms with Gasteiger partial charge in [0, 0.05) is 24.9 Å². The quantitative estimate of drug-likeness (QED) is 0.832. The molecule has 0 bridgehead atoms. The van der Waals surface area contributed by atoms with E-state index in [1.807, 2.05) is 6.20 Å². The molecule has 4 heteroatoms. The minimum atomic E-state index is -0.833. The number of nitrogens with zero attached hydrogens (tertiary/aromatic N) is 2. The summed E-state index contributed by atoms with van der Waals surface area (Å²) in [4.78, 5) is 15.9. The largest absolute Gasteiger partial charge is 0.481 e. The zero-order chi connectivity index (χ0) is 13.7. The number of carboxylic acid groups (broad SMARTS) is 1. The van der Waals surface area contributed by atoms with Crippen molar-refractivity contribution in [3.8, 4) is 0 Å². The van der Waals surface area contributed by atoms with Crippen molar-refractivity contribution in [3.63, 3.8) is 0 Å². The second-order valence-corrected chi connectivity index (χ2v) is 4.84. The predicted molar refractivity (Wildman–Crippen MR) is 71.6 cm³/mol. The van der Waals surface area contributed by atoms with Crippen molar-refractivity contribution >= 4 is 5.97 Å². The number of hydrogen-bond acceptors (Lipinski definition) is 3. The van der Waals surface area contributed by atoms with Crippen LogP contribution in [0.15, 0.2) is 12.3 Å². The zero-order valence-corrected chi connectivity index (χ0v) is 11.6. The van der Waals surface area contributed by atoms with Crippen molar-refractivity contribution in [1.82, 2.24) is 9.88 Å². The van der Waals surface area contributed by atoms with Gasteiger partial charge in [0.25, 0.3) is 5.97 Å². The van der Waals surface area contributed by atoms with Gasteiger partial charge in [-0.3, -0.25) is 14.7 Å². The van der Waals surface area contributed by atoms with E-state index >= 15 is 0 Å². The summed E-state index contributed by atoms with van der Waals surface area (Å²) >= 11 is 0. The SMILES string of the molecule is CC(=O)O.Cc1cnc(C)c([C@@H]2CCCN2C)c1. The predicted octanol–water partition coefficient (Wildman–Crippen LogP) is 2.56. The van der Waals surface area contributed by atoms with E-state index in [9.17, 15) is 0 Å². The number of aromatic nitrogens is 1. The smallest absolute Gasteiger partial charge is 0.300 e. The van der Waals surface area contributed by atoms with Crippen molar-refractivity contribution in [1.29, 1.82) is 0 Å². The molecule has 1 aromatic heterocycles. The summed E-state index contributed by atoms with van der Waals surface area (Å²) in [6.07, 6.45) is 4.55. The first-order chi connectivity index (χ1) is 8.41. The summed E-state index contributed by atoms with van der Waals surface area (Å²) in [7, 11) is 2.21. The molecular formula is C14H22N2O2. The number of carbonyl (C=O) groups is 1. The van der Waals surface area contributed by atoms with Crippen LogP contribution in [0.2, 0.25) is 0 Å². The molecule has 0 spiro atoms. The third-order valence-electron chi connectivity index (χ3n) is 3.14. The van der Waals surface area contributed by atoms with Gasteiger partial charge in [0.05, 0.1) is 0 Å². The van der Waals surface area contributed by atoms with Crippen LogP contribution in [0.25, 0.3) is 0 Å². The average molecular weight is 250 g/mol. The highest BCUT2D eigenvalue weighted by molar-refractivity contribution is 5.62.